The maximum atomic E-state index is 2.27. The summed E-state index contributed by atoms with van der Waals surface area (Å²) < 4.78 is 0. The molecular formula is C12H16S. The molecular weight excluding hydrogens is 176 g/mol. The molecule has 0 atom stereocenters. The van der Waals surface area contributed by atoms with E-state index in [0.717, 1.165) is 0 Å². The van der Waals surface area contributed by atoms with Crippen molar-refractivity contribution in [1.82, 2.24) is 0 Å². The van der Waals surface area contributed by atoms with E-state index in [4.69, 9.17) is 0 Å². The molecule has 0 spiro atoms. The summed E-state index contributed by atoms with van der Waals surface area (Å²) in [5, 5.41) is 0. The van der Waals surface area contributed by atoms with Crippen molar-refractivity contribution in [2.45, 2.75) is 39.5 Å². The molecule has 1 aliphatic rings. The fourth-order valence-electron chi connectivity index (χ4n) is 2.11. The van der Waals surface area contributed by atoms with Gasteiger partial charge in [-0.2, -0.15) is 0 Å². The van der Waals surface area contributed by atoms with Crippen LogP contribution in [0.3, 0.4) is 0 Å². The number of hydrogen-bond donors (Lipinski definition) is 0. The molecule has 0 bridgehead atoms. The first-order valence-electron chi connectivity index (χ1n) is 5.06. The van der Waals surface area contributed by atoms with Crippen LogP contribution in [0.5, 0.6) is 0 Å². The molecule has 0 aliphatic heterocycles. The lowest BCUT2D eigenvalue weighted by Gasteiger charge is -2.11. The standard InChI is InChI=1S/C12H16S/c1-3-6-10-9(2)13-12-8-5-4-7-11(10)12/h3,6H,4-5,7-8H2,1-2H3. The Morgan fingerprint density at radius 1 is 1.23 bits per heavy atom. The molecule has 70 valence electrons. The Hall–Kier alpha value is -0.560. The monoisotopic (exact) mass is 192 g/mol. The second-order valence-corrected chi connectivity index (χ2v) is 4.99. The number of allylic oxidation sites excluding steroid dienone is 1. The molecule has 0 saturated heterocycles. The van der Waals surface area contributed by atoms with Crippen LogP contribution in [0.2, 0.25) is 0 Å². The summed E-state index contributed by atoms with van der Waals surface area (Å²) in [5.74, 6) is 0. The summed E-state index contributed by atoms with van der Waals surface area (Å²) in [5.41, 5.74) is 3.16. The van der Waals surface area contributed by atoms with Gasteiger partial charge in [-0.1, -0.05) is 12.2 Å². The lowest BCUT2D eigenvalue weighted by molar-refractivity contribution is 0.696. The van der Waals surface area contributed by atoms with Crippen LogP contribution in [0, 0.1) is 6.92 Å². The van der Waals surface area contributed by atoms with Crippen LogP contribution < -0.4 is 0 Å². The molecule has 2 rings (SSSR count). The van der Waals surface area contributed by atoms with Gasteiger partial charge in [-0.05, 0) is 50.7 Å². The number of hydrogen-bond acceptors (Lipinski definition) is 1. The minimum atomic E-state index is 1.30. The van der Waals surface area contributed by atoms with Gasteiger partial charge in [0.25, 0.3) is 0 Å². The highest BCUT2D eigenvalue weighted by molar-refractivity contribution is 7.12. The highest BCUT2D eigenvalue weighted by atomic mass is 32.1. The van der Waals surface area contributed by atoms with Gasteiger partial charge in [0.2, 0.25) is 0 Å². The topological polar surface area (TPSA) is 0 Å². The van der Waals surface area contributed by atoms with Crippen molar-refractivity contribution in [3.05, 3.63) is 27.0 Å². The zero-order valence-electron chi connectivity index (χ0n) is 8.39. The van der Waals surface area contributed by atoms with E-state index < -0.39 is 0 Å². The van der Waals surface area contributed by atoms with Gasteiger partial charge >= 0.3 is 0 Å². The smallest absolute Gasteiger partial charge is 0.00922 e. The first-order valence-corrected chi connectivity index (χ1v) is 5.88. The van der Waals surface area contributed by atoms with E-state index >= 15 is 0 Å². The van der Waals surface area contributed by atoms with Crippen LogP contribution in [-0.4, -0.2) is 0 Å². The van der Waals surface area contributed by atoms with E-state index in [2.05, 4.69) is 26.0 Å². The van der Waals surface area contributed by atoms with E-state index in [1.165, 1.54) is 36.1 Å². The van der Waals surface area contributed by atoms with Gasteiger partial charge < -0.3 is 0 Å². The minimum absolute atomic E-state index is 1.30. The van der Waals surface area contributed by atoms with Crippen LogP contribution >= 0.6 is 11.3 Å². The van der Waals surface area contributed by atoms with Gasteiger partial charge in [0.1, 0.15) is 0 Å². The van der Waals surface area contributed by atoms with Gasteiger partial charge in [0, 0.05) is 9.75 Å². The highest BCUT2D eigenvalue weighted by Gasteiger charge is 2.16. The molecule has 0 nitrogen and oxygen atoms in total. The Morgan fingerprint density at radius 3 is 2.77 bits per heavy atom. The predicted molar refractivity (Wildman–Crippen MR) is 60.4 cm³/mol. The molecule has 0 saturated carbocycles. The maximum Gasteiger partial charge on any atom is 0.00922 e. The summed E-state index contributed by atoms with van der Waals surface area (Å²) in [4.78, 5) is 3.15. The Kier molecular flexibility index (Phi) is 2.54. The van der Waals surface area contributed by atoms with Gasteiger partial charge in [-0.3, -0.25) is 0 Å². The van der Waals surface area contributed by atoms with Crippen LogP contribution in [-0.2, 0) is 12.8 Å². The first-order chi connectivity index (χ1) is 6.33. The zero-order chi connectivity index (χ0) is 9.26. The molecule has 1 heteroatoms. The molecule has 1 aromatic rings. The average molecular weight is 192 g/mol. The van der Waals surface area contributed by atoms with Crippen LogP contribution in [0.25, 0.3) is 6.08 Å². The number of thiophene rings is 1. The summed E-state index contributed by atoms with van der Waals surface area (Å²) in [6.07, 6.45) is 9.83. The summed E-state index contributed by atoms with van der Waals surface area (Å²) in [7, 11) is 0. The van der Waals surface area contributed by atoms with Gasteiger partial charge in [-0.25, -0.2) is 0 Å². The number of rotatable bonds is 1. The van der Waals surface area contributed by atoms with Crippen molar-refractivity contribution in [3.63, 3.8) is 0 Å². The molecule has 1 aromatic heterocycles. The predicted octanol–water partition coefficient (Wildman–Crippen LogP) is 3.97. The average Bonchev–Trinajstić information content (AvgIpc) is 2.44. The van der Waals surface area contributed by atoms with E-state index in [1.807, 2.05) is 11.3 Å². The molecule has 1 heterocycles. The van der Waals surface area contributed by atoms with E-state index in [-0.39, 0.29) is 0 Å². The van der Waals surface area contributed by atoms with Crippen molar-refractivity contribution >= 4 is 17.4 Å². The van der Waals surface area contributed by atoms with Crippen molar-refractivity contribution in [2.24, 2.45) is 0 Å². The minimum Gasteiger partial charge on any atom is -0.145 e. The molecule has 0 radical (unpaired) electrons. The molecule has 0 amide bonds. The summed E-state index contributed by atoms with van der Waals surface area (Å²) in [6, 6.07) is 0. The second kappa shape index (κ2) is 3.67. The van der Waals surface area contributed by atoms with Crippen LogP contribution in [0.15, 0.2) is 6.08 Å². The third kappa shape index (κ3) is 1.58. The second-order valence-electron chi connectivity index (χ2n) is 3.68. The van der Waals surface area contributed by atoms with E-state index in [0.29, 0.717) is 0 Å². The van der Waals surface area contributed by atoms with E-state index in [1.54, 1.807) is 10.4 Å². The van der Waals surface area contributed by atoms with Crippen molar-refractivity contribution in [3.8, 4) is 0 Å². The molecule has 0 unspecified atom stereocenters. The molecule has 0 N–H and O–H groups in total. The van der Waals surface area contributed by atoms with Crippen LogP contribution in [0.4, 0.5) is 0 Å². The molecule has 0 aromatic carbocycles. The van der Waals surface area contributed by atoms with Crippen molar-refractivity contribution < 1.29 is 0 Å². The van der Waals surface area contributed by atoms with Crippen molar-refractivity contribution in [2.75, 3.05) is 0 Å². The lowest BCUT2D eigenvalue weighted by Crippen LogP contribution is -1.99. The number of fused-ring (bicyclic) bond motifs is 1. The quantitative estimate of drug-likeness (QED) is 0.631. The summed E-state index contributed by atoms with van der Waals surface area (Å²) >= 11 is 2.01. The van der Waals surface area contributed by atoms with Crippen LogP contribution in [0.1, 0.15) is 40.6 Å². The van der Waals surface area contributed by atoms with Gasteiger partial charge in [-0.15, -0.1) is 11.3 Å². The normalized spacial score (nSPS) is 16.5. The third-order valence-corrected chi connectivity index (χ3v) is 3.95. The largest absolute Gasteiger partial charge is 0.145 e. The van der Waals surface area contributed by atoms with Gasteiger partial charge in [0.15, 0.2) is 0 Å². The van der Waals surface area contributed by atoms with Crippen molar-refractivity contribution in [1.29, 1.82) is 0 Å². The summed E-state index contributed by atoms with van der Waals surface area (Å²) in [6.45, 7) is 4.35. The Labute approximate surface area is 84.3 Å². The Morgan fingerprint density at radius 2 is 2.00 bits per heavy atom. The lowest BCUT2D eigenvalue weighted by atomic mass is 9.95. The molecule has 1 aliphatic carbocycles. The fourth-order valence-corrected chi connectivity index (χ4v) is 3.36. The molecule has 13 heavy (non-hydrogen) atoms. The Bertz CT molecular complexity index is 331. The Balaban J connectivity index is 2.48. The van der Waals surface area contributed by atoms with Gasteiger partial charge in [0.05, 0.1) is 0 Å². The zero-order valence-corrected chi connectivity index (χ0v) is 9.21. The highest BCUT2D eigenvalue weighted by Crippen LogP contribution is 2.34. The third-order valence-electron chi connectivity index (χ3n) is 2.73. The maximum absolute atomic E-state index is 2.27. The molecule has 0 fully saturated rings. The first kappa shape index (κ1) is 9.01. The number of aryl methyl sites for hydroxylation is 2. The SMILES string of the molecule is CC=Cc1c(C)sc2c1CCCC2. The fraction of sp³-hybridized carbons (Fsp3) is 0.500. The van der Waals surface area contributed by atoms with E-state index in [9.17, 15) is 0 Å².